The Morgan fingerprint density at radius 1 is 1.45 bits per heavy atom. The lowest BCUT2D eigenvalue weighted by atomic mass is 10.3. The van der Waals surface area contributed by atoms with Crippen LogP contribution in [0.4, 0.5) is 11.4 Å². The van der Waals surface area contributed by atoms with Gasteiger partial charge in [-0.2, -0.15) is 0 Å². The predicted molar refractivity (Wildman–Crippen MR) is 82.3 cm³/mol. The first-order valence-electron chi connectivity index (χ1n) is 5.87. The van der Waals surface area contributed by atoms with Crippen molar-refractivity contribution < 1.29 is 9.72 Å². The number of nitro benzene ring substituents is 1. The van der Waals surface area contributed by atoms with Crippen LogP contribution < -0.4 is 10.9 Å². The molecule has 1 amide bonds. The summed E-state index contributed by atoms with van der Waals surface area (Å²) in [5.41, 5.74) is -0.344. The summed E-state index contributed by atoms with van der Waals surface area (Å²) in [4.78, 5) is 39.3. The van der Waals surface area contributed by atoms with Crippen LogP contribution in [0.5, 0.6) is 0 Å². The molecule has 2 aromatic rings. The largest absolute Gasteiger partial charge is 0.325 e. The van der Waals surface area contributed by atoms with E-state index in [1.54, 1.807) is 0 Å². The van der Waals surface area contributed by atoms with Crippen LogP contribution in [0.1, 0.15) is 0 Å². The van der Waals surface area contributed by atoms with Crippen LogP contribution in [0.15, 0.2) is 40.4 Å². The molecule has 0 aliphatic heterocycles. The molecule has 0 saturated heterocycles. The fourth-order valence-corrected chi connectivity index (χ4v) is 2.32. The van der Waals surface area contributed by atoms with E-state index < -0.39 is 10.8 Å². The maximum atomic E-state index is 11.8. The molecule has 2 rings (SSSR count). The number of carbonyl (C=O) groups excluding carboxylic acids is 1. The van der Waals surface area contributed by atoms with Crippen LogP contribution in [0, 0.1) is 10.1 Å². The minimum atomic E-state index is -0.634. The van der Waals surface area contributed by atoms with Gasteiger partial charge < -0.3 is 10.3 Å². The number of nitro groups is 1. The molecule has 0 saturated carbocycles. The molecule has 1 aromatic heterocycles. The zero-order valence-electron chi connectivity index (χ0n) is 10.9. The SMILES string of the molecule is O=C(CSc1nccc(=O)[nH]1)Nc1ccc(Cl)c([N+](=O)[O-])c1. The molecule has 0 spiro atoms. The first-order chi connectivity index (χ1) is 10.5. The summed E-state index contributed by atoms with van der Waals surface area (Å²) in [5, 5.41) is 13.6. The molecule has 0 atom stereocenters. The number of anilines is 1. The minimum absolute atomic E-state index is 0.0105. The van der Waals surface area contributed by atoms with Crippen molar-refractivity contribution in [2.75, 3.05) is 11.1 Å². The van der Waals surface area contributed by atoms with Crippen molar-refractivity contribution >= 4 is 40.6 Å². The van der Waals surface area contributed by atoms with Crippen LogP contribution >= 0.6 is 23.4 Å². The van der Waals surface area contributed by atoms with Crippen LogP contribution in [0.25, 0.3) is 0 Å². The van der Waals surface area contributed by atoms with Crippen molar-refractivity contribution in [2.45, 2.75) is 5.16 Å². The molecule has 114 valence electrons. The maximum absolute atomic E-state index is 11.8. The Hall–Kier alpha value is -2.39. The lowest BCUT2D eigenvalue weighted by Crippen LogP contribution is -2.15. The number of thioether (sulfide) groups is 1. The van der Waals surface area contributed by atoms with Gasteiger partial charge in [0, 0.05) is 24.0 Å². The number of nitrogens with zero attached hydrogens (tertiary/aromatic N) is 2. The predicted octanol–water partition coefficient (Wildman–Crippen LogP) is 2.06. The molecule has 0 fully saturated rings. The van der Waals surface area contributed by atoms with E-state index in [2.05, 4.69) is 15.3 Å². The van der Waals surface area contributed by atoms with E-state index in [-0.39, 0.29) is 27.7 Å². The van der Waals surface area contributed by atoms with Gasteiger partial charge in [0.1, 0.15) is 5.02 Å². The fraction of sp³-hybridized carbons (Fsp3) is 0.0833. The van der Waals surface area contributed by atoms with Gasteiger partial charge in [0.25, 0.3) is 11.2 Å². The molecule has 0 radical (unpaired) electrons. The second kappa shape index (κ2) is 7.05. The van der Waals surface area contributed by atoms with E-state index in [1.165, 1.54) is 30.5 Å². The summed E-state index contributed by atoms with van der Waals surface area (Å²) >= 11 is 6.72. The molecule has 22 heavy (non-hydrogen) atoms. The van der Waals surface area contributed by atoms with Gasteiger partial charge in [-0.05, 0) is 12.1 Å². The third-order valence-electron chi connectivity index (χ3n) is 2.41. The van der Waals surface area contributed by atoms with Crippen LogP contribution in [0.2, 0.25) is 5.02 Å². The van der Waals surface area contributed by atoms with Gasteiger partial charge in [-0.25, -0.2) is 4.98 Å². The van der Waals surface area contributed by atoms with Crippen LogP contribution in [-0.2, 0) is 4.79 Å². The van der Waals surface area contributed by atoms with E-state index in [4.69, 9.17) is 11.6 Å². The van der Waals surface area contributed by atoms with Crippen molar-refractivity contribution in [1.82, 2.24) is 9.97 Å². The average molecular weight is 341 g/mol. The molecule has 1 aromatic carbocycles. The number of aromatic amines is 1. The van der Waals surface area contributed by atoms with Gasteiger partial charge in [-0.3, -0.25) is 19.7 Å². The Balaban J connectivity index is 1.99. The van der Waals surface area contributed by atoms with E-state index in [0.717, 1.165) is 11.8 Å². The number of amides is 1. The van der Waals surface area contributed by atoms with Crippen molar-refractivity contribution in [3.05, 3.63) is 56.0 Å². The number of hydrogen-bond acceptors (Lipinski definition) is 6. The van der Waals surface area contributed by atoms with Gasteiger partial charge in [0.2, 0.25) is 5.91 Å². The number of halogens is 1. The molecular weight excluding hydrogens is 332 g/mol. The molecule has 0 unspecified atom stereocenters. The molecule has 10 heteroatoms. The van der Waals surface area contributed by atoms with Gasteiger partial charge in [-0.1, -0.05) is 23.4 Å². The first kappa shape index (κ1) is 16.0. The quantitative estimate of drug-likeness (QED) is 0.372. The number of benzene rings is 1. The highest BCUT2D eigenvalue weighted by Gasteiger charge is 2.14. The van der Waals surface area contributed by atoms with Gasteiger partial charge in [0.05, 0.1) is 10.7 Å². The third-order valence-corrected chi connectivity index (χ3v) is 3.62. The van der Waals surface area contributed by atoms with Gasteiger partial charge in [0.15, 0.2) is 5.16 Å². The van der Waals surface area contributed by atoms with Crippen molar-refractivity contribution in [3.63, 3.8) is 0 Å². The molecule has 0 bridgehead atoms. The van der Waals surface area contributed by atoms with Gasteiger partial charge in [-0.15, -0.1) is 0 Å². The minimum Gasteiger partial charge on any atom is -0.325 e. The first-order valence-corrected chi connectivity index (χ1v) is 7.24. The average Bonchev–Trinajstić information content (AvgIpc) is 2.47. The third kappa shape index (κ3) is 4.30. The number of rotatable bonds is 5. The van der Waals surface area contributed by atoms with Crippen molar-refractivity contribution in [2.24, 2.45) is 0 Å². The second-order valence-electron chi connectivity index (χ2n) is 4.00. The monoisotopic (exact) mass is 340 g/mol. The topological polar surface area (TPSA) is 118 Å². The Morgan fingerprint density at radius 2 is 2.23 bits per heavy atom. The fourth-order valence-electron chi connectivity index (χ4n) is 1.49. The van der Waals surface area contributed by atoms with Crippen molar-refractivity contribution in [1.29, 1.82) is 0 Å². The normalized spacial score (nSPS) is 10.2. The molecule has 8 nitrogen and oxygen atoms in total. The zero-order chi connectivity index (χ0) is 16.1. The van der Waals surface area contributed by atoms with E-state index >= 15 is 0 Å². The van der Waals surface area contributed by atoms with Crippen molar-refractivity contribution in [3.8, 4) is 0 Å². The van der Waals surface area contributed by atoms with E-state index in [9.17, 15) is 19.7 Å². The Labute approximate surface area is 133 Å². The van der Waals surface area contributed by atoms with Crippen LogP contribution in [0.3, 0.4) is 0 Å². The highest BCUT2D eigenvalue weighted by atomic mass is 35.5. The van der Waals surface area contributed by atoms with E-state index in [1.807, 2.05) is 0 Å². The summed E-state index contributed by atoms with van der Waals surface area (Å²) in [6.07, 6.45) is 1.33. The summed E-state index contributed by atoms with van der Waals surface area (Å²) in [6.45, 7) is 0. The van der Waals surface area contributed by atoms with Gasteiger partial charge >= 0.3 is 0 Å². The molecular formula is C12H9ClN4O4S. The summed E-state index contributed by atoms with van der Waals surface area (Å²) < 4.78 is 0. The Kier molecular flexibility index (Phi) is 5.12. The summed E-state index contributed by atoms with van der Waals surface area (Å²) in [6, 6.07) is 5.23. The Morgan fingerprint density at radius 3 is 2.91 bits per heavy atom. The number of aromatic nitrogens is 2. The number of carbonyl (C=O) groups is 1. The van der Waals surface area contributed by atoms with Crippen LogP contribution in [-0.4, -0.2) is 26.6 Å². The lowest BCUT2D eigenvalue weighted by Gasteiger charge is -2.05. The lowest BCUT2D eigenvalue weighted by molar-refractivity contribution is -0.384. The number of H-pyrrole nitrogens is 1. The van der Waals surface area contributed by atoms with E-state index in [0.29, 0.717) is 5.16 Å². The molecule has 0 aliphatic rings. The number of hydrogen-bond donors (Lipinski definition) is 2. The summed E-state index contributed by atoms with van der Waals surface area (Å²) in [7, 11) is 0. The molecule has 2 N–H and O–H groups in total. The Bertz CT molecular complexity index is 780. The highest BCUT2D eigenvalue weighted by molar-refractivity contribution is 7.99. The summed E-state index contributed by atoms with van der Waals surface area (Å²) in [5.74, 6) is -0.406. The molecule has 1 heterocycles. The zero-order valence-corrected chi connectivity index (χ0v) is 12.5. The highest BCUT2D eigenvalue weighted by Crippen LogP contribution is 2.27. The maximum Gasteiger partial charge on any atom is 0.289 e. The number of nitrogens with one attached hydrogen (secondary N) is 2. The second-order valence-corrected chi connectivity index (χ2v) is 5.37. The molecule has 0 aliphatic carbocycles. The standard InChI is InChI=1S/C12H9ClN4O4S/c13-8-2-1-7(5-9(8)17(20)21)15-11(19)6-22-12-14-4-3-10(18)16-12/h1-5H,6H2,(H,15,19)(H,14,16,18). The smallest absolute Gasteiger partial charge is 0.289 e.